The number of halogens is 1. The molecule has 0 aliphatic heterocycles. The molecule has 0 radical (unpaired) electrons. The molecule has 0 amide bonds. The minimum Gasteiger partial charge on any atom is -0.326 e. The summed E-state index contributed by atoms with van der Waals surface area (Å²) in [4.78, 5) is 5.77. The van der Waals surface area contributed by atoms with Gasteiger partial charge >= 0.3 is 0 Å². The molecule has 0 bridgehead atoms. The van der Waals surface area contributed by atoms with Crippen LogP contribution in [0.25, 0.3) is 10.6 Å². The van der Waals surface area contributed by atoms with Gasteiger partial charge in [0, 0.05) is 22.0 Å². The second-order valence-corrected chi connectivity index (χ2v) is 4.97. The van der Waals surface area contributed by atoms with Gasteiger partial charge in [-0.15, -0.1) is 11.3 Å². The molecule has 4 heteroatoms. The van der Waals surface area contributed by atoms with Gasteiger partial charge < -0.3 is 5.73 Å². The lowest BCUT2D eigenvalue weighted by Gasteiger charge is -1.95. The summed E-state index contributed by atoms with van der Waals surface area (Å²) in [5.74, 6) is 0. The Bertz CT molecular complexity index is 455. The smallest absolute Gasteiger partial charge is 0.123 e. The Morgan fingerprint density at radius 3 is 2.50 bits per heavy atom. The summed E-state index contributed by atoms with van der Waals surface area (Å²) in [5, 5.41) is 1.77. The molecule has 0 fully saturated rings. The molecule has 0 saturated heterocycles. The average Bonchev–Trinajstić information content (AvgIpc) is 2.73. The van der Waals surface area contributed by atoms with Gasteiger partial charge in [0.1, 0.15) is 5.01 Å². The van der Waals surface area contributed by atoms with E-state index >= 15 is 0 Å². The van der Waals surface area contributed by atoms with Crippen molar-refractivity contribution < 1.29 is 0 Å². The van der Waals surface area contributed by atoms with Gasteiger partial charge in [-0.3, -0.25) is 0 Å². The first kappa shape index (κ1) is 11.6. The lowest BCUT2D eigenvalue weighted by atomic mass is 10.2. The van der Waals surface area contributed by atoms with E-state index < -0.39 is 0 Å². The summed E-state index contributed by atoms with van der Waals surface area (Å²) in [7, 11) is 0. The number of aromatic nitrogens is 1. The number of aryl methyl sites for hydroxylation is 1. The molecule has 0 aliphatic carbocycles. The van der Waals surface area contributed by atoms with Gasteiger partial charge in [-0.25, -0.2) is 4.98 Å². The molecule has 0 saturated carbocycles. The predicted octanol–water partition coefficient (Wildman–Crippen LogP) is 3.48. The Morgan fingerprint density at radius 2 is 2.00 bits per heavy atom. The molecule has 1 aromatic heterocycles. The van der Waals surface area contributed by atoms with E-state index in [1.165, 1.54) is 4.88 Å². The fourth-order valence-electron chi connectivity index (χ4n) is 1.53. The molecule has 84 valence electrons. The fourth-order valence-corrected chi connectivity index (χ4v) is 2.70. The normalized spacial score (nSPS) is 10.7. The maximum atomic E-state index is 5.85. The van der Waals surface area contributed by atoms with Crippen molar-refractivity contribution in [3.05, 3.63) is 39.9 Å². The SMILES string of the molecule is CCc1nc(-c2ccc(Cl)cc2)sc1CN. The van der Waals surface area contributed by atoms with Crippen LogP contribution in [-0.2, 0) is 13.0 Å². The summed E-state index contributed by atoms with van der Waals surface area (Å²) in [6.07, 6.45) is 0.927. The largest absolute Gasteiger partial charge is 0.326 e. The van der Waals surface area contributed by atoms with E-state index in [1.807, 2.05) is 24.3 Å². The number of hydrogen-bond donors (Lipinski definition) is 1. The number of nitrogens with zero attached hydrogens (tertiary/aromatic N) is 1. The molecule has 2 nitrogen and oxygen atoms in total. The molecule has 0 aliphatic rings. The van der Waals surface area contributed by atoms with Crippen LogP contribution >= 0.6 is 22.9 Å². The molecule has 2 aromatic rings. The highest BCUT2D eigenvalue weighted by Crippen LogP contribution is 2.28. The number of benzene rings is 1. The van der Waals surface area contributed by atoms with Crippen molar-refractivity contribution in [3.63, 3.8) is 0 Å². The van der Waals surface area contributed by atoms with Gasteiger partial charge in [-0.2, -0.15) is 0 Å². The highest BCUT2D eigenvalue weighted by atomic mass is 35.5. The third-order valence-corrected chi connectivity index (χ3v) is 3.81. The summed E-state index contributed by atoms with van der Waals surface area (Å²) in [6, 6.07) is 7.74. The van der Waals surface area contributed by atoms with Crippen molar-refractivity contribution in [1.82, 2.24) is 4.98 Å². The zero-order chi connectivity index (χ0) is 11.5. The van der Waals surface area contributed by atoms with Gasteiger partial charge in [0.25, 0.3) is 0 Å². The zero-order valence-corrected chi connectivity index (χ0v) is 10.6. The van der Waals surface area contributed by atoms with Crippen LogP contribution in [0, 0.1) is 0 Å². The Kier molecular flexibility index (Phi) is 3.59. The average molecular weight is 253 g/mol. The standard InChI is InChI=1S/C12H13ClN2S/c1-2-10-11(7-14)16-12(15-10)8-3-5-9(13)6-4-8/h3-6H,2,7,14H2,1H3. The maximum Gasteiger partial charge on any atom is 0.123 e. The third-order valence-electron chi connectivity index (χ3n) is 2.39. The van der Waals surface area contributed by atoms with E-state index in [4.69, 9.17) is 17.3 Å². The minimum absolute atomic E-state index is 0.564. The maximum absolute atomic E-state index is 5.85. The number of nitrogens with two attached hydrogens (primary N) is 1. The molecule has 0 spiro atoms. The molecule has 2 rings (SSSR count). The summed E-state index contributed by atoms with van der Waals surface area (Å²) in [6.45, 7) is 2.66. The van der Waals surface area contributed by atoms with Gasteiger partial charge in [0.15, 0.2) is 0 Å². The molecular weight excluding hydrogens is 240 g/mol. The predicted molar refractivity (Wildman–Crippen MR) is 69.8 cm³/mol. The van der Waals surface area contributed by atoms with Crippen LogP contribution in [0.3, 0.4) is 0 Å². The highest BCUT2D eigenvalue weighted by molar-refractivity contribution is 7.15. The van der Waals surface area contributed by atoms with E-state index in [-0.39, 0.29) is 0 Å². The van der Waals surface area contributed by atoms with Crippen molar-refractivity contribution in [2.45, 2.75) is 19.9 Å². The molecular formula is C12H13ClN2S. The molecule has 1 aromatic carbocycles. The van der Waals surface area contributed by atoms with Crippen molar-refractivity contribution >= 4 is 22.9 Å². The summed E-state index contributed by atoms with van der Waals surface area (Å²) in [5.41, 5.74) is 7.90. The Morgan fingerprint density at radius 1 is 1.31 bits per heavy atom. The Labute approximate surface area is 104 Å². The number of hydrogen-bond acceptors (Lipinski definition) is 3. The van der Waals surface area contributed by atoms with Crippen LogP contribution in [0.1, 0.15) is 17.5 Å². The van der Waals surface area contributed by atoms with Gasteiger partial charge in [-0.1, -0.05) is 30.7 Å². The van der Waals surface area contributed by atoms with Crippen molar-refractivity contribution in [2.24, 2.45) is 5.73 Å². The Balaban J connectivity index is 2.40. The zero-order valence-electron chi connectivity index (χ0n) is 9.03. The quantitative estimate of drug-likeness (QED) is 0.908. The first-order valence-electron chi connectivity index (χ1n) is 5.19. The van der Waals surface area contributed by atoms with Crippen molar-refractivity contribution in [2.75, 3.05) is 0 Å². The fraction of sp³-hybridized carbons (Fsp3) is 0.250. The second-order valence-electron chi connectivity index (χ2n) is 3.45. The van der Waals surface area contributed by atoms with Crippen LogP contribution in [0.2, 0.25) is 5.02 Å². The van der Waals surface area contributed by atoms with Crippen LogP contribution in [0.15, 0.2) is 24.3 Å². The van der Waals surface area contributed by atoms with Crippen LogP contribution < -0.4 is 5.73 Å². The van der Waals surface area contributed by atoms with Gasteiger partial charge in [-0.05, 0) is 18.6 Å². The molecule has 2 N–H and O–H groups in total. The number of rotatable bonds is 3. The van der Waals surface area contributed by atoms with E-state index in [1.54, 1.807) is 11.3 Å². The first-order valence-corrected chi connectivity index (χ1v) is 6.38. The third kappa shape index (κ3) is 2.26. The lowest BCUT2D eigenvalue weighted by molar-refractivity contribution is 0.989. The first-order chi connectivity index (χ1) is 7.74. The summed E-state index contributed by atoms with van der Waals surface area (Å²) < 4.78 is 0. The lowest BCUT2D eigenvalue weighted by Crippen LogP contribution is -1.96. The van der Waals surface area contributed by atoms with Crippen LogP contribution in [-0.4, -0.2) is 4.98 Å². The molecule has 0 unspecified atom stereocenters. The van der Waals surface area contributed by atoms with E-state index in [2.05, 4.69) is 11.9 Å². The van der Waals surface area contributed by atoms with E-state index in [0.29, 0.717) is 6.54 Å². The highest BCUT2D eigenvalue weighted by Gasteiger charge is 2.09. The molecule has 1 heterocycles. The summed E-state index contributed by atoms with van der Waals surface area (Å²) >= 11 is 7.52. The van der Waals surface area contributed by atoms with Crippen molar-refractivity contribution in [1.29, 1.82) is 0 Å². The minimum atomic E-state index is 0.564. The number of thiazole rings is 1. The molecule has 16 heavy (non-hydrogen) atoms. The van der Waals surface area contributed by atoms with Gasteiger partial charge in [0.2, 0.25) is 0 Å². The van der Waals surface area contributed by atoms with E-state index in [9.17, 15) is 0 Å². The Hall–Kier alpha value is -0.900. The van der Waals surface area contributed by atoms with Crippen molar-refractivity contribution in [3.8, 4) is 10.6 Å². The van der Waals surface area contributed by atoms with Gasteiger partial charge in [0.05, 0.1) is 5.69 Å². The molecule has 0 atom stereocenters. The van der Waals surface area contributed by atoms with Crippen LogP contribution in [0.4, 0.5) is 0 Å². The second kappa shape index (κ2) is 4.95. The monoisotopic (exact) mass is 252 g/mol. The van der Waals surface area contributed by atoms with E-state index in [0.717, 1.165) is 27.7 Å². The topological polar surface area (TPSA) is 38.9 Å². The van der Waals surface area contributed by atoms with Crippen LogP contribution in [0.5, 0.6) is 0 Å².